The zero-order valence-corrected chi connectivity index (χ0v) is 17.2. The largest absolute Gasteiger partial charge is 0.496 e. The smallest absolute Gasteiger partial charge is 0.309 e. The van der Waals surface area contributed by atoms with Gasteiger partial charge in [0.15, 0.2) is 0 Å². The summed E-state index contributed by atoms with van der Waals surface area (Å²) in [5, 5.41) is 0. The number of esters is 1. The minimum atomic E-state index is -0.359. The van der Waals surface area contributed by atoms with Crippen molar-refractivity contribution in [1.29, 1.82) is 0 Å². The van der Waals surface area contributed by atoms with E-state index in [1.807, 2.05) is 38.1 Å². The summed E-state index contributed by atoms with van der Waals surface area (Å²) in [6.07, 6.45) is 5.31. The van der Waals surface area contributed by atoms with Gasteiger partial charge in [-0.25, -0.2) is 0 Å². The van der Waals surface area contributed by atoms with Gasteiger partial charge in [0.25, 0.3) is 0 Å². The van der Waals surface area contributed by atoms with Crippen LogP contribution in [0.5, 0.6) is 11.5 Å². The summed E-state index contributed by atoms with van der Waals surface area (Å²) in [4.78, 5) is 12.5. The molecule has 1 aromatic rings. The lowest BCUT2D eigenvalue weighted by Gasteiger charge is -2.26. The molecule has 0 amide bonds. The van der Waals surface area contributed by atoms with Crippen LogP contribution in [0, 0.1) is 5.92 Å². The van der Waals surface area contributed by atoms with Crippen molar-refractivity contribution in [2.75, 3.05) is 21.3 Å². The first-order chi connectivity index (χ1) is 11.9. The molecule has 2 unspecified atom stereocenters. The van der Waals surface area contributed by atoms with Crippen LogP contribution in [0.15, 0.2) is 40.9 Å². The van der Waals surface area contributed by atoms with Gasteiger partial charge < -0.3 is 14.2 Å². The first-order valence-corrected chi connectivity index (χ1v) is 8.95. The van der Waals surface area contributed by atoms with E-state index in [9.17, 15) is 4.79 Å². The maximum Gasteiger partial charge on any atom is 0.309 e. The Morgan fingerprint density at radius 1 is 1.24 bits per heavy atom. The molecule has 0 bridgehead atoms. The molecule has 0 N–H and O–H groups in total. The minimum Gasteiger partial charge on any atom is -0.496 e. The van der Waals surface area contributed by atoms with E-state index in [1.165, 1.54) is 7.11 Å². The first kappa shape index (κ1) is 21.3. The highest BCUT2D eigenvalue weighted by Gasteiger charge is 2.32. The number of methoxy groups -OCH3 is 3. The van der Waals surface area contributed by atoms with Crippen molar-refractivity contribution >= 4 is 21.9 Å². The van der Waals surface area contributed by atoms with Gasteiger partial charge >= 0.3 is 5.97 Å². The number of carbonyl (C=O) groups excluding carboxylic acids is 1. The van der Waals surface area contributed by atoms with Gasteiger partial charge in [-0.2, -0.15) is 0 Å². The molecule has 0 saturated heterocycles. The van der Waals surface area contributed by atoms with Crippen molar-refractivity contribution in [3.63, 3.8) is 0 Å². The molecule has 138 valence electrons. The monoisotopic (exact) mass is 410 g/mol. The van der Waals surface area contributed by atoms with E-state index in [0.717, 1.165) is 22.0 Å². The molecule has 0 fully saturated rings. The molecule has 0 spiro atoms. The van der Waals surface area contributed by atoms with Gasteiger partial charge in [0.2, 0.25) is 0 Å². The molecule has 0 heterocycles. The van der Waals surface area contributed by atoms with Gasteiger partial charge in [0.05, 0.1) is 27.2 Å². The van der Waals surface area contributed by atoms with Crippen molar-refractivity contribution in [2.24, 2.45) is 5.92 Å². The number of hydrogen-bond acceptors (Lipinski definition) is 4. The van der Waals surface area contributed by atoms with Gasteiger partial charge in [0, 0.05) is 16.0 Å². The van der Waals surface area contributed by atoms with Crippen molar-refractivity contribution in [3.8, 4) is 11.5 Å². The highest BCUT2D eigenvalue weighted by molar-refractivity contribution is 9.10. The van der Waals surface area contributed by atoms with Crippen LogP contribution in [-0.2, 0) is 9.53 Å². The highest BCUT2D eigenvalue weighted by Crippen LogP contribution is 2.43. The molecule has 0 aliphatic heterocycles. The average Bonchev–Trinajstić information content (AvgIpc) is 2.59. The number of allylic oxidation sites excluding steroid dienone is 3. The SMILES string of the molecule is C=C(C)CCC(C(=O)OC)C(/C=C/C)c1c(OC)cc(Br)cc1OC. The zero-order chi connectivity index (χ0) is 19.0. The predicted molar refractivity (Wildman–Crippen MR) is 104 cm³/mol. The second kappa shape index (κ2) is 10.3. The molecular formula is C20H27BrO4. The Hall–Kier alpha value is -1.75. The lowest BCUT2D eigenvalue weighted by Crippen LogP contribution is -2.24. The van der Waals surface area contributed by atoms with Crippen LogP contribution < -0.4 is 9.47 Å². The van der Waals surface area contributed by atoms with Crippen LogP contribution in [0.1, 0.15) is 38.2 Å². The molecule has 0 aliphatic rings. The molecule has 0 radical (unpaired) electrons. The maximum absolute atomic E-state index is 12.5. The van der Waals surface area contributed by atoms with Gasteiger partial charge in [0.1, 0.15) is 11.5 Å². The Balaban J connectivity index is 3.50. The van der Waals surface area contributed by atoms with Crippen LogP contribution in [0.4, 0.5) is 0 Å². The normalized spacial score (nSPS) is 13.4. The molecule has 5 heteroatoms. The van der Waals surface area contributed by atoms with Crippen LogP contribution in [0.25, 0.3) is 0 Å². The fraction of sp³-hybridized carbons (Fsp3) is 0.450. The standard InChI is InChI=1S/C20H27BrO4/c1-7-8-15(16(20(22)25-6)10-9-13(2)3)19-17(23-4)11-14(21)12-18(19)24-5/h7-8,11-12,15-16H,2,9-10H2,1,3-6H3/b8-7+. The molecule has 4 nitrogen and oxygen atoms in total. The summed E-state index contributed by atoms with van der Waals surface area (Å²) in [6, 6.07) is 3.75. The number of benzene rings is 1. The Labute approximate surface area is 159 Å². The van der Waals surface area contributed by atoms with Gasteiger partial charge in [-0.3, -0.25) is 4.79 Å². The van der Waals surface area contributed by atoms with Crippen LogP contribution in [0.2, 0.25) is 0 Å². The summed E-state index contributed by atoms with van der Waals surface area (Å²) in [5.74, 6) is 0.491. The summed E-state index contributed by atoms with van der Waals surface area (Å²) < 4.78 is 17.1. The van der Waals surface area contributed by atoms with E-state index in [-0.39, 0.29) is 17.8 Å². The second-order valence-electron chi connectivity index (χ2n) is 5.90. The fourth-order valence-corrected chi connectivity index (χ4v) is 3.29. The third-order valence-electron chi connectivity index (χ3n) is 4.06. The van der Waals surface area contributed by atoms with E-state index >= 15 is 0 Å². The molecule has 0 aliphatic carbocycles. The summed E-state index contributed by atoms with van der Waals surface area (Å²) in [5.41, 5.74) is 1.87. The van der Waals surface area contributed by atoms with Crippen LogP contribution in [0.3, 0.4) is 0 Å². The fourth-order valence-electron chi connectivity index (χ4n) is 2.87. The lowest BCUT2D eigenvalue weighted by molar-refractivity contribution is -0.146. The van der Waals surface area contributed by atoms with Gasteiger partial charge in [-0.1, -0.05) is 33.7 Å². The van der Waals surface area contributed by atoms with Crippen molar-refractivity contribution < 1.29 is 19.0 Å². The van der Waals surface area contributed by atoms with Crippen molar-refractivity contribution in [1.82, 2.24) is 0 Å². The second-order valence-corrected chi connectivity index (χ2v) is 6.82. The molecule has 25 heavy (non-hydrogen) atoms. The van der Waals surface area contributed by atoms with Crippen LogP contribution >= 0.6 is 15.9 Å². The first-order valence-electron chi connectivity index (χ1n) is 8.15. The molecular weight excluding hydrogens is 384 g/mol. The third kappa shape index (κ3) is 5.63. The number of rotatable bonds is 9. The number of carbonyl (C=O) groups is 1. The predicted octanol–water partition coefficient (Wildman–Crippen LogP) is 5.27. The summed E-state index contributed by atoms with van der Waals surface area (Å²) >= 11 is 3.47. The number of ether oxygens (including phenoxy) is 3. The third-order valence-corrected chi connectivity index (χ3v) is 4.52. The molecule has 0 saturated carbocycles. The maximum atomic E-state index is 12.5. The van der Waals surface area contributed by atoms with E-state index < -0.39 is 0 Å². The summed E-state index contributed by atoms with van der Waals surface area (Å²) in [7, 11) is 4.63. The Morgan fingerprint density at radius 2 is 1.80 bits per heavy atom. The van der Waals surface area contributed by atoms with Gasteiger partial charge in [-0.05, 0) is 38.8 Å². The minimum absolute atomic E-state index is 0.227. The van der Waals surface area contributed by atoms with Crippen molar-refractivity contribution in [2.45, 2.75) is 32.6 Å². The molecule has 1 aromatic carbocycles. The highest BCUT2D eigenvalue weighted by atomic mass is 79.9. The summed E-state index contributed by atoms with van der Waals surface area (Å²) in [6.45, 7) is 7.83. The van der Waals surface area contributed by atoms with Gasteiger partial charge in [-0.15, -0.1) is 6.58 Å². The van der Waals surface area contributed by atoms with E-state index in [0.29, 0.717) is 17.9 Å². The van der Waals surface area contributed by atoms with Crippen molar-refractivity contribution in [3.05, 3.63) is 46.5 Å². The number of halogens is 1. The molecule has 1 rings (SSSR count). The van der Waals surface area contributed by atoms with E-state index in [1.54, 1.807) is 14.2 Å². The Morgan fingerprint density at radius 3 is 2.20 bits per heavy atom. The Kier molecular flexibility index (Phi) is 8.76. The van der Waals surface area contributed by atoms with E-state index in [4.69, 9.17) is 14.2 Å². The molecule has 2 atom stereocenters. The lowest BCUT2D eigenvalue weighted by atomic mass is 9.81. The van der Waals surface area contributed by atoms with Crippen LogP contribution in [-0.4, -0.2) is 27.3 Å². The molecule has 0 aromatic heterocycles. The average molecular weight is 411 g/mol. The van der Waals surface area contributed by atoms with E-state index in [2.05, 4.69) is 22.5 Å². The quantitative estimate of drug-likeness (QED) is 0.410. The topological polar surface area (TPSA) is 44.8 Å². The zero-order valence-electron chi connectivity index (χ0n) is 15.6. The Bertz CT molecular complexity index is 612. The number of hydrogen-bond donors (Lipinski definition) is 0.